The standard InChI is InChI=1S/C9H18BNO4/c1-7(10(13)14)6-11(5)8(12)15-9(2,3)4/h13-14H,1,6H2,2-5H3. The van der Waals surface area contributed by atoms with Crippen molar-refractivity contribution in [2.45, 2.75) is 26.4 Å². The highest BCUT2D eigenvalue weighted by Crippen LogP contribution is 2.09. The molecule has 15 heavy (non-hydrogen) atoms. The summed E-state index contributed by atoms with van der Waals surface area (Å²) in [4.78, 5) is 12.6. The molecule has 0 aliphatic heterocycles. The first kappa shape index (κ1) is 14.0. The largest absolute Gasteiger partial charge is 0.485 e. The molecular formula is C9H18BNO4. The van der Waals surface area contributed by atoms with Crippen molar-refractivity contribution in [3.63, 3.8) is 0 Å². The molecule has 86 valence electrons. The molecule has 0 aliphatic carbocycles. The van der Waals surface area contributed by atoms with E-state index in [9.17, 15) is 4.79 Å². The molecule has 0 fully saturated rings. The molecule has 5 nitrogen and oxygen atoms in total. The van der Waals surface area contributed by atoms with Crippen LogP contribution in [-0.4, -0.2) is 47.4 Å². The second-order valence-electron chi connectivity index (χ2n) is 4.37. The summed E-state index contributed by atoms with van der Waals surface area (Å²) in [5.41, 5.74) is -0.423. The Kier molecular flexibility index (Phi) is 4.83. The fourth-order valence-electron chi connectivity index (χ4n) is 0.791. The summed E-state index contributed by atoms with van der Waals surface area (Å²) in [7, 11) is -0.114. The maximum Gasteiger partial charge on any atom is 0.485 e. The number of ether oxygens (including phenoxy) is 1. The predicted octanol–water partition coefficient (Wildman–Crippen LogP) is 0.422. The average Bonchev–Trinajstić information content (AvgIpc) is 2.00. The van der Waals surface area contributed by atoms with Gasteiger partial charge in [0.15, 0.2) is 0 Å². The molecule has 0 aromatic carbocycles. The maximum absolute atomic E-state index is 11.4. The van der Waals surface area contributed by atoms with Crippen LogP contribution in [0.4, 0.5) is 4.79 Å². The second kappa shape index (κ2) is 5.18. The van der Waals surface area contributed by atoms with Gasteiger partial charge in [-0.1, -0.05) is 0 Å². The van der Waals surface area contributed by atoms with Crippen molar-refractivity contribution in [1.82, 2.24) is 4.90 Å². The van der Waals surface area contributed by atoms with Crippen molar-refractivity contribution in [2.75, 3.05) is 13.6 Å². The summed E-state index contributed by atoms with van der Waals surface area (Å²) in [5, 5.41) is 17.5. The highest BCUT2D eigenvalue weighted by Gasteiger charge is 2.22. The highest BCUT2D eigenvalue weighted by atomic mass is 16.6. The summed E-state index contributed by atoms with van der Waals surface area (Å²) in [6.07, 6.45) is -0.524. The number of rotatable bonds is 3. The zero-order valence-electron chi connectivity index (χ0n) is 9.65. The lowest BCUT2D eigenvalue weighted by Gasteiger charge is -2.25. The minimum atomic E-state index is -1.62. The van der Waals surface area contributed by atoms with E-state index in [2.05, 4.69) is 6.58 Å². The molecule has 0 aromatic rings. The van der Waals surface area contributed by atoms with Crippen LogP contribution in [0.2, 0.25) is 0 Å². The monoisotopic (exact) mass is 215 g/mol. The summed E-state index contributed by atoms with van der Waals surface area (Å²) in [6, 6.07) is 0. The van der Waals surface area contributed by atoms with Crippen LogP contribution in [0.15, 0.2) is 12.1 Å². The van der Waals surface area contributed by atoms with Crippen LogP contribution in [0.25, 0.3) is 0 Å². The van der Waals surface area contributed by atoms with Gasteiger partial charge in [-0.3, -0.25) is 0 Å². The normalized spacial score (nSPS) is 10.8. The van der Waals surface area contributed by atoms with Crippen LogP contribution in [0.3, 0.4) is 0 Å². The van der Waals surface area contributed by atoms with Crippen molar-refractivity contribution in [1.29, 1.82) is 0 Å². The van der Waals surface area contributed by atoms with E-state index in [1.807, 2.05) is 0 Å². The number of amides is 1. The third kappa shape index (κ3) is 6.14. The van der Waals surface area contributed by atoms with Crippen molar-refractivity contribution in [3.8, 4) is 0 Å². The molecule has 0 spiro atoms. The maximum atomic E-state index is 11.4. The fraction of sp³-hybridized carbons (Fsp3) is 0.667. The van der Waals surface area contributed by atoms with Crippen LogP contribution >= 0.6 is 0 Å². The third-order valence-corrected chi connectivity index (χ3v) is 1.51. The van der Waals surface area contributed by atoms with E-state index >= 15 is 0 Å². The lowest BCUT2D eigenvalue weighted by molar-refractivity contribution is 0.0315. The Bertz CT molecular complexity index is 247. The van der Waals surface area contributed by atoms with Gasteiger partial charge in [-0.2, -0.15) is 0 Å². The second-order valence-corrected chi connectivity index (χ2v) is 4.37. The number of nitrogens with zero attached hydrogens (tertiary/aromatic N) is 1. The molecule has 0 atom stereocenters. The molecule has 0 saturated carbocycles. The molecule has 2 N–H and O–H groups in total. The van der Waals surface area contributed by atoms with Gasteiger partial charge in [0.2, 0.25) is 0 Å². The van der Waals surface area contributed by atoms with Gasteiger partial charge in [0.25, 0.3) is 0 Å². The molecule has 0 saturated heterocycles. The Balaban J connectivity index is 4.17. The molecular weight excluding hydrogens is 197 g/mol. The number of hydrogen-bond acceptors (Lipinski definition) is 4. The van der Waals surface area contributed by atoms with Gasteiger partial charge in [-0.05, 0) is 26.2 Å². The molecule has 0 rings (SSSR count). The average molecular weight is 215 g/mol. The summed E-state index contributed by atoms with van der Waals surface area (Å²) in [6.45, 7) is 8.75. The van der Waals surface area contributed by atoms with E-state index in [1.165, 1.54) is 11.9 Å². The Labute approximate surface area is 90.5 Å². The molecule has 0 radical (unpaired) electrons. The molecule has 1 amide bonds. The minimum absolute atomic E-state index is 0.0482. The molecule has 6 heteroatoms. The summed E-state index contributed by atoms with van der Waals surface area (Å²) in [5.74, 6) is 0. The zero-order valence-corrected chi connectivity index (χ0v) is 9.65. The fourth-order valence-corrected chi connectivity index (χ4v) is 0.791. The number of hydrogen-bond donors (Lipinski definition) is 2. The van der Waals surface area contributed by atoms with Crippen molar-refractivity contribution < 1.29 is 19.6 Å². The lowest BCUT2D eigenvalue weighted by Crippen LogP contribution is -2.37. The molecule has 0 heterocycles. The van der Waals surface area contributed by atoms with E-state index < -0.39 is 18.8 Å². The van der Waals surface area contributed by atoms with E-state index in [0.29, 0.717) is 0 Å². The molecule has 0 bridgehead atoms. The SMILES string of the molecule is C=C(CN(C)C(=O)OC(C)(C)C)B(O)O. The Hall–Kier alpha value is -1.01. The summed E-state index contributed by atoms with van der Waals surface area (Å²) < 4.78 is 5.06. The number of likely N-dealkylation sites (N-methyl/N-ethyl adjacent to an activating group) is 1. The topological polar surface area (TPSA) is 70.0 Å². The quantitative estimate of drug-likeness (QED) is 0.669. The smallest absolute Gasteiger partial charge is 0.444 e. The van der Waals surface area contributed by atoms with Crippen molar-refractivity contribution >= 4 is 13.2 Å². The third-order valence-electron chi connectivity index (χ3n) is 1.51. The Morgan fingerprint density at radius 1 is 1.47 bits per heavy atom. The van der Waals surface area contributed by atoms with E-state index in [-0.39, 0.29) is 12.0 Å². The van der Waals surface area contributed by atoms with Crippen molar-refractivity contribution in [2.24, 2.45) is 0 Å². The van der Waals surface area contributed by atoms with Gasteiger partial charge in [-0.25, -0.2) is 4.79 Å². The summed E-state index contributed by atoms with van der Waals surface area (Å²) >= 11 is 0. The molecule has 0 aliphatic rings. The Morgan fingerprint density at radius 3 is 2.27 bits per heavy atom. The van der Waals surface area contributed by atoms with Crippen molar-refractivity contribution in [3.05, 3.63) is 12.1 Å². The van der Waals surface area contributed by atoms with Crippen LogP contribution in [-0.2, 0) is 4.74 Å². The van der Waals surface area contributed by atoms with E-state index in [0.717, 1.165) is 0 Å². The van der Waals surface area contributed by atoms with E-state index in [1.54, 1.807) is 20.8 Å². The van der Waals surface area contributed by atoms with Gasteiger partial charge in [0.1, 0.15) is 5.60 Å². The minimum Gasteiger partial charge on any atom is -0.444 e. The van der Waals surface area contributed by atoms with Gasteiger partial charge in [-0.15, -0.1) is 6.58 Å². The molecule has 0 unspecified atom stereocenters. The lowest BCUT2D eigenvalue weighted by atomic mass is 9.80. The zero-order chi connectivity index (χ0) is 12.2. The van der Waals surface area contributed by atoms with E-state index in [4.69, 9.17) is 14.8 Å². The number of carbonyl (C=O) groups is 1. The molecule has 0 aromatic heterocycles. The van der Waals surface area contributed by atoms with Crippen LogP contribution in [0, 0.1) is 0 Å². The highest BCUT2D eigenvalue weighted by molar-refractivity contribution is 6.50. The first-order valence-electron chi connectivity index (χ1n) is 4.61. The van der Waals surface area contributed by atoms with Gasteiger partial charge >= 0.3 is 13.2 Å². The Morgan fingerprint density at radius 2 is 1.93 bits per heavy atom. The van der Waals surface area contributed by atoms with Gasteiger partial charge < -0.3 is 19.7 Å². The van der Waals surface area contributed by atoms with Gasteiger partial charge in [0.05, 0.1) is 0 Å². The van der Waals surface area contributed by atoms with Crippen LogP contribution < -0.4 is 0 Å². The van der Waals surface area contributed by atoms with Crippen LogP contribution in [0.1, 0.15) is 20.8 Å². The first-order valence-corrected chi connectivity index (χ1v) is 4.61. The van der Waals surface area contributed by atoms with Crippen LogP contribution in [0.5, 0.6) is 0 Å². The van der Waals surface area contributed by atoms with Gasteiger partial charge in [0, 0.05) is 13.6 Å². The predicted molar refractivity (Wildman–Crippen MR) is 58.2 cm³/mol. The first-order chi connectivity index (χ1) is 6.63. The number of carbonyl (C=O) groups excluding carboxylic acids is 1.